The maximum absolute atomic E-state index is 9.63. The van der Waals surface area contributed by atoms with Crippen molar-refractivity contribution in [2.45, 2.75) is 12.2 Å². The summed E-state index contributed by atoms with van der Waals surface area (Å²) in [7, 11) is 4.49. The van der Waals surface area contributed by atoms with Crippen LogP contribution in [0, 0.1) is 0 Å². The van der Waals surface area contributed by atoms with Crippen molar-refractivity contribution in [3.05, 3.63) is 0 Å². The number of aliphatic hydroxyl groups excluding tert-OH is 2. The van der Waals surface area contributed by atoms with E-state index in [9.17, 15) is 19.8 Å². The van der Waals surface area contributed by atoms with Crippen LogP contribution in [0.1, 0.15) is 0 Å². The molecule has 2 atom stereocenters. The van der Waals surface area contributed by atoms with E-state index in [1.54, 1.807) is 0 Å². The molecule has 0 heterocycles. The van der Waals surface area contributed by atoms with Gasteiger partial charge in [-0.05, 0) is 6.16 Å². The largest absolute Gasteiger partial charge is 2.00 e. The molecule has 18 nitrogen and oxygen atoms in total. The minimum absolute atomic E-state index is 0. The standard InChI is InChI=1S/C4H6O6.CH2O3.2ClH.Cu.K.3Na.Ni.H2O4S.5H2O/c5-1(3(7)8)2(6)4(9)10;2-1(3)4;;;;;;;;;1-5(2,3)4;;;;;/h1-2,5-6H,(H,7,8)(H,9,10);(H2,2,3,4);2*1H;;;;;;;(H2,1,2,3,4);5*1H2/q;;;;+2;4*+1;+2;;;;;;/p-8. The van der Waals surface area contributed by atoms with E-state index in [2.05, 4.69) is 0 Å². The van der Waals surface area contributed by atoms with Crippen molar-refractivity contribution in [3.63, 3.8) is 0 Å². The van der Waals surface area contributed by atoms with Crippen molar-refractivity contribution in [2.75, 3.05) is 0 Å². The van der Waals surface area contributed by atoms with Crippen molar-refractivity contribution in [1.82, 2.24) is 0 Å². The van der Waals surface area contributed by atoms with Gasteiger partial charge in [0.05, 0.1) is 11.9 Å². The van der Waals surface area contributed by atoms with Crippen LogP contribution in [-0.4, -0.2) is 85.4 Å². The summed E-state index contributed by atoms with van der Waals surface area (Å²) in [6.07, 6.45) is -7.21. The zero-order valence-corrected chi connectivity index (χ0v) is 29.7. The molecule has 0 saturated carbocycles. The van der Waals surface area contributed by atoms with Crippen molar-refractivity contribution in [2.24, 2.45) is 0 Å². The quantitative estimate of drug-likeness (QED) is 0.140. The van der Waals surface area contributed by atoms with Gasteiger partial charge in [0.15, 0.2) is 0 Å². The van der Waals surface area contributed by atoms with Crippen LogP contribution >= 0.6 is 20.4 Å². The van der Waals surface area contributed by atoms with E-state index >= 15 is 0 Å². The van der Waals surface area contributed by atoms with Crippen molar-refractivity contribution in [3.8, 4) is 0 Å². The van der Waals surface area contributed by atoms with Crippen LogP contribution in [0.4, 0.5) is 4.79 Å². The summed E-state index contributed by atoms with van der Waals surface area (Å²) in [5.41, 5.74) is 0. The second-order valence-electron chi connectivity index (χ2n) is 2.25. The molecule has 0 bridgehead atoms. The molecule has 0 fully saturated rings. The van der Waals surface area contributed by atoms with E-state index in [1.165, 1.54) is 0 Å². The number of hydrogen-bond donors (Lipinski definition) is 3. The molecule has 1 radical (unpaired) electrons. The Morgan fingerprint density at radius 1 is 0.781 bits per heavy atom. The molecule has 27 heteroatoms. The Bertz CT molecular complexity index is 424. The molecule has 0 spiro atoms. The molecule has 0 saturated heterocycles. The molecular weight excluding hydrogens is 681 g/mol. The van der Waals surface area contributed by atoms with Crippen LogP contribution in [0.5, 0.6) is 0 Å². The third-order valence-corrected chi connectivity index (χ3v) is 0.782. The van der Waals surface area contributed by atoms with Crippen molar-refractivity contribution < 1.29 is 260 Å². The van der Waals surface area contributed by atoms with Crippen molar-refractivity contribution >= 4 is 48.9 Å². The van der Waals surface area contributed by atoms with Gasteiger partial charge in [-0.15, -0.1) is 0 Å². The van der Waals surface area contributed by atoms with E-state index in [4.69, 9.17) is 63.1 Å². The molecule has 0 aromatic rings. The van der Waals surface area contributed by atoms with Gasteiger partial charge in [-0.3, -0.25) is 4.55 Å². The van der Waals surface area contributed by atoms with Crippen LogP contribution in [0.3, 0.4) is 0 Å². The van der Waals surface area contributed by atoms with Crippen LogP contribution in [-0.2, 0) is 49.7 Å². The van der Waals surface area contributed by atoms with Gasteiger partial charge in [0.1, 0.15) is 12.2 Å². The van der Waals surface area contributed by atoms with E-state index in [0.29, 0.717) is 12.7 Å². The number of carbonyl (C=O) groups is 3. The Labute approximate surface area is 314 Å². The third kappa shape index (κ3) is 144. The molecule has 12 N–H and O–H groups in total. The normalized spacial score (nSPS) is 8.19. The fourth-order valence-corrected chi connectivity index (χ4v) is 0.258. The Morgan fingerprint density at radius 3 is 0.875 bits per heavy atom. The summed E-state index contributed by atoms with van der Waals surface area (Å²) in [4.78, 5) is 27.6. The Hall–Kier alpha value is 4.03. The van der Waals surface area contributed by atoms with E-state index in [0.717, 1.165) is 0 Å². The Morgan fingerprint density at radius 2 is 0.844 bits per heavy atom. The second-order valence-corrected chi connectivity index (χ2v) is 4.74. The summed E-state index contributed by atoms with van der Waals surface area (Å²) in [6, 6.07) is 0. The van der Waals surface area contributed by atoms with Gasteiger partial charge in [0.25, 0.3) is 0 Å². The Balaban J connectivity index is -0.0000000110. The molecule has 187 valence electrons. The number of carboxylic acids is 2. The predicted octanol–water partition coefficient (Wildman–Crippen LogP) is -22.3. The average Bonchev–Trinajstić information content (AvgIpc) is 2.24. The van der Waals surface area contributed by atoms with Gasteiger partial charge < -0.3 is 77.0 Å². The first-order chi connectivity index (χ1) is 9.61. The fraction of sp³-hybridized carbons (Fsp3) is 0.400. The van der Waals surface area contributed by atoms with E-state index in [1.807, 2.05) is 0 Å². The number of hydrogen-bond acceptors (Lipinski definition) is 13. The number of carboxylic acid groups (broad SMARTS) is 4. The summed E-state index contributed by atoms with van der Waals surface area (Å²) in [5.74, 6) is -4.12. The van der Waals surface area contributed by atoms with Gasteiger partial charge in [0, 0.05) is 0 Å². The summed E-state index contributed by atoms with van der Waals surface area (Å²) in [5, 5.41) is 52.4. The fourth-order valence-electron chi connectivity index (χ4n) is 0.258. The van der Waals surface area contributed by atoms with Crippen molar-refractivity contribution in [1.29, 1.82) is 0 Å². The van der Waals surface area contributed by atoms with Gasteiger partial charge in [-0.25, -0.2) is 8.42 Å². The van der Waals surface area contributed by atoms with Gasteiger partial charge >= 0.3 is 190 Å². The molecule has 0 aromatic carbocycles. The summed E-state index contributed by atoms with van der Waals surface area (Å²) >= 11 is 0.569. The molecule has 32 heavy (non-hydrogen) atoms. The van der Waals surface area contributed by atoms with Gasteiger partial charge in [-0.1, -0.05) is 0 Å². The number of aliphatic carboxylic acids is 2. The molecule has 0 aromatic heterocycles. The summed E-state index contributed by atoms with van der Waals surface area (Å²) in [6.45, 7) is 0. The smallest absolute Gasteiger partial charge is 0.870 e. The molecule has 0 rings (SSSR count). The zero-order chi connectivity index (χ0) is 19.1. The average molecular weight is 695 g/mol. The zero-order valence-electron chi connectivity index (χ0n) is 16.3. The van der Waals surface area contributed by atoms with Gasteiger partial charge in [0.2, 0.25) is 10.4 Å². The molecule has 0 aliphatic carbocycles. The molecule has 0 amide bonds. The SMILES string of the molecule is O.O.O.O.O=C([O-])C(O)C(O)C(=O)[O-].O=C([O-])[O-].O=S(=O)([O-])O.[Cl][Ni][Cl].[Cu+2].[K+].[Na+].[Na+].[Na+].[OH-]. The first kappa shape index (κ1) is 91.1. The number of halogens is 2. The Kier molecular flexibility index (Phi) is 170. The van der Waals surface area contributed by atoms with Gasteiger partial charge in [-0.2, -0.15) is 0 Å². The molecule has 0 aliphatic heterocycles. The van der Waals surface area contributed by atoms with Crippen LogP contribution in [0.2, 0.25) is 0 Å². The molecule has 0 aliphatic rings. The van der Waals surface area contributed by atoms with Crippen LogP contribution in [0.25, 0.3) is 0 Å². The predicted molar refractivity (Wildman–Crippen MR) is 67.8 cm³/mol. The maximum atomic E-state index is 9.63. The maximum Gasteiger partial charge on any atom is 2.00 e. The monoisotopic (exact) mass is 693 g/mol. The molecular formula is C5H14Cl2CuKNa3NiO18S. The second kappa shape index (κ2) is 59.9. The van der Waals surface area contributed by atoms with E-state index in [-0.39, 0.29) is 185 Å². The number of aliphatic hydroxyl groups is 2. The van der Waals surface area contributed by atoms with Crippen LogP contribution < -0.4 is 160 Å². The molecule has 2 unspecified atom stereocenters. The minimum atomic E-state index is -4.92. The minimum Gasteiger partial charge on any atom is -0.870 e. The number of rotatable bonds is 3. The third-order valence-electron chi connectivity index (χ3n) is 0.782. The first-order valence-electron chi connectivity index (χ1n) is 3.78. The number of carbonyl (C=O) groups excluding carboxylic acids is 3. The summed E-state index contributed by atoms with van der Waals surface area (Å²) < 4.78 is 32.8. The first-order valence-corrected chi connectivity index (χ1v) is 7.86. The topological polar surface area (TPSA) is 417 Å². The van der Waals surface area contributed by atoms with E-state index < -0.39 is 40.7 Å². The van der Waals surface area contributed by atoms with Crippen LogP contribution in [0.15, 0.2) is 0 Å².